The Labute approximate surface area is 142 Å². The van der Waals surface area contributed by atoms with Crippen molar-refractivity contribution in [1.29, 1.82) is 0 Å². The van der Waals surface area contributed by atoms with Gasteiger partial charge in [-0.1, -0.05) is 36.4 Å². The Kier molecular flexibility index (Phi) is 4.69. The van der Waals surface area contributed by atoms with Crippen LogP contribution in [-0.4, -0.2) is 37.6 Å². The van der Waals surface area contributed by atoms with Gasteiger partial charge >= 0.3 is 5.69 Å². The van der Waals surface area contributed by atoms with Crippen LogP contribution in [0.5, 0.6) is 0 Å². The number of para-hydroxylation sites is 1. The van der Waals surface area contributed by atoms with Gasteiger partial charge in [-0.25, -0.2) is 9.18 Å². The summed E-state index contributed by atoms with van der Waals surface area (Å²) in [7, 11) is 1.54. The summed E-state index contributed by atoms with van der Waals surface area (Å²) in [5, 5.41) is 7.52. The zero-order chi connectivity index (χ0) is 17.8. The van der Waals surface area contributed by atoms with Gasteiger partial charge in [0.25, 0.3) is 0 Å². The lowest BCUT2D eigenvalue weighted by molar-refractivity contribution is -0.131. The minimum Gasteiger partial charge on any atom is -0.340 e. The highest BCUT2D eigenvalue weighted by Crippen LogP contribution is 2.09. The van der Waals surface area contributed by atoms with Crippen molar-refractivity contribution in [3.05, 3.63) is 76.5 Å². The van der Waals surface area contributed by atoms with E-state index in [4.69, 9.17) is 0 Å². The van der Waals surface area contributed by atoms with Crippen molar-refractivity contribution in [2.45, 2.75) is 13.1 Å². The van der Waals surface area contributed by atoms with Crippen LogP contribution in [0.25, 0.3) is 5.69 Å². The number of rotatable bonds is 5. The van der Waals surface area contributed by atoms with Gasteiger partial charge in [0.05, 0.1) is 5.69 Å². The van der Waals surface area contributed by atoms with E-state index < -0.39 is 5.69 Å². The summed E-state index contributed by atoms with van der Waals surface area (Å²) in [6.45, 7) is -0.163. The third-order valence-corrected chi connectivity index (χ3v) is 3.72. The summed E-state index contributed by atoms with van der Waals surface area (Å²) in [5.74, 6) is -0.750. The van der Waals surface area contributed by atoms with Gasteiger partial charge in [0.2, 0.25) is 5.91 Å². The lowest BCUT2D eigenvalue weighted by Gasteiger charge is -2.17. The van der Waals surface area contributed by atoms with Crippen LogP contribution in [0.4, 0.5) is 4.39 Å². The van der Waals surface area contributed by atoms with Gasteiger partial charge in [0.15, 0.2) is 0 Å². The third kappa shape index (κ3) is 3.63. The van der Waals surface area contributed by atoms with Gasteiger partial charge in [0.1, 0.15) is 12.4 Å². The average Bonchev–Trinajstić information content (AvgIpc) is 2.98. The number of aromatic nitrogens is 4. The normalized spacial score (nSPS) is 10.6. The number of hydrogen-bond donors (Lipinski definition) is 0. The van der Waals surface area contributed by atoms with Crippen molar-refractivity contribution in [2.24, 2.45) is 0 Å². The molecule has 1 heterocycles. The summed E-state index contributed by atoms with van der Waals surface area (Å²) in [5.41, 5.74) is 0.448. The van der Waals surface area contributed by atoms with Crippen LogP contribution in [0.2, 0.25) is 0 Å². The largest absolute Gasteiger partial charge is 0.368 e. The van der Waals surface area contributed by atoms with Crippen molar-refractivity contribution in [1.82, 2.24) is 24.7 Å². The molecule has 0 saturated carbocycles. The monoisotopic (exact) mass is 341 g/mol. The summed E-state index contributed by atoms with van der Waals surface area (Å²) < 4.78 is 15.8. The van der Waals surface area contributed by atoms with E-state index in [1.165, 1.54) is 11.0 Å². The molecule has 0 spiro atoms. The Balaban J connectivity index is 1.72. The molecule has 7 nitrogen and oxygen atoms in total. The number of benzene rings is 2. The molecule has 0 unspecified atom stereocenters. The molecule has 0 saturated heterocycles. The molecule has 0 N–H and O–H groups in total. The van der Waals surface area contributed by atoms with E-state index >= 15 is 0 Å². The van der Waals surface area contributed by atoms with E-state index in [0.29, 0.717) is 11.3 Å². The first-order valence-electron chi connectivity index (χ1n) is 7.62. The first kappa shape index (κ1) is 16.6. The zero-order valence-electron chi connectivity index (χ0n) is 13.5. The Bertz CT molecular complexity index is 935. The van der Waals surface area contributed by atoms with Crippen LogP contribution >= 0.6 is 0 Å². The molecular weight excluding hydrogens is 325 g/mol. The topological polar surface area (TPSA) is 73.0 Å². The molecule has 2 aromatic carbocycles. The molecule has 8 heteroatoms. The highest BCUT2D eigenvalue weighted by Gasteiger charge is 2.16. The predicted molar refractivity (Wildman–Crippen MR) is 88.5 cm³/mol. The second-order valence-electron chi connectivity index (χ2n) is 5.51. The highest BCUT2D eigenvalue weighted by molar-refractivity contribution is 5.75. The van der Waals surface area contributed by atoms with Crippen LogP contribution in [-0.2, 0) is 17.9 Å². The first-order chi connectivity index (χ1) is 12.1. The number of hydrogen-bond acceptors (Lipinski definition) is 4. The molecule has 25 heavy (non-hydrogen) atoms. The van der Waals surface area contributed by atoms with Crippen LogP contribution in [0.1, 0.15) is 5.56 Å². The smallest absolute Gasteiger partial charge is 0.340 e. The summed E-state index contributed by atoms with van der Waals surface area (Å²) in [6, 6.07) is 15.0. The van der Waals surface area contributed by atoms with Crippen LogP contribution in [0.3, 0.4) is 0 Å². The molecule has 0 atom stereocenters. The van der Waals surface area contributed by atoms with Crippen molar-refractivity contribution >= 4 is 5.91 Å². The molecule has 128 valence electrons. The maximum Gasteiger partial charge on any atom is 0.368 e. The molecule has 3 aromatic rings. The number of tetrazole rings is 1. The number of nitrogens with zero attached hydrogens (tertiary/aromatic N) is 5. The molecule has 0 radical (unpaired) electrons. The van der Waals surface area contributed by atoms with Crippen LogP contribution < -0.4 is 5.69 Å². The summed E-state index contributed by atoms with van der Waals surface area (Å²) in [4.78, 5) is 25.9. The van der Waals surface area contributed by atoms with Crippen LogP contribution in [0, 0.1) is 5.82 Å². The van der Waals surface area contributed by atoms with Crippen molar-refractivity contribution in [3.8, 4) is 5.69 Å². The summed E-state index contributed by atoms with van der Waals surface area (Å²) >= 11 is 0. The van der Waals surface area contributed by atoms with Gasteiger partial charge in [-0.3, -0.25) is 4.79 Å². The van der Waals surface area contributed by atoms with E-state index in [2.05, 4.69) is 10.4 Å². The molecule has 0 fully saturated rings. The molecule has 3 rings (SSSR count). The quantitative estimate of drug-likeness (QED) is 0.700. The molecule has 1 amide bonds. The number of halogens is 1. The molecule has 1 aromatic heterocycles. The Morgan fingerprint density at radius 2 is 1.76 bits per heavy atom. The number of carbonyl (C=O) groups excluding carboxylic acids is 1. The minimum absolute atomic E-state index is 0.104. The van der Waals surface area contributed by atoms with Crippen molar-refractivity contribution in [2.75, 3.05) is 7.05 Å². The maximum absolute atomic E-state index is 13.7. The van der Waals surface area contributed by atoms with Gasteiger partial charge in [-0.2, -0.15) is 9.36 Å². The third-order valence-electron chi connectivity index (χ3n) is 3.72. The fourth-order valence-corrected chi connectivity index (χ4v) is 2.32. The first-order valence-corrected chi connectivity index (χ1v) is 7.62. The van der Waals surface area contributed by atoms with Crippen LogP contribution in [0.15, 0.2) is 59.4 Å². The van der Waals surface area contributed by atoms with Gasteiger partial charge < -0.3 is 4.90 Å². The predicted octanol–water partition coefficient (Wildman–Crippen LogP) is 1.23. The Morgan fingerprint density at radius 3 is 2.48 bits per heavy atom. The average molecular weight is 341 g/mol. The minimum atomic E-state index is -0.515. The van der Waals surface area contributed by atoms with E-state index in [9.17, 15) is 14.0 Å². The van der Waals surface area contributed by atoms with E-state index in [1.807, 2.05) is 6.07 Å². The highest BCUT2D eigenvalue weighted by atomic mass is 19.1. The summed E-state index contributed by atoms with van der Waals surface area (Å²) in [6.07, 6.45) is 0. The van der Waals surface area contributed by atoms with Gasteiger partial charge in [0, 0.05) is 19.2 Å². The number of likely N-dealkylation sites (N-methyl/N-ethyl adjacent to an activating group) is 1. The van der Waals surface area contributed by atoms with Gasteiger partial charge in [-0.05, 0) is 28.6 Å². The molecule has 0 aliphatic heterocycles. The molecule has 0 aliphatic carbocycles. The fraction of sp³-hybridized carbons (Fsp3) is 0.176. The lowest BCUT2D eigenvalue weighted by Crippen LogP contribution is -2.34. The van der Waals surface area contributed by atoms with E-state index in [-0.39, 0.29) is 24.8 Å². The Hall–Kier alpha value is -3.29. The van der Waals surface area contributed by atoms with E-state index in [0.717, 1.165) is 9.36 Å². The SMILES string of the molecule is CN(Cc1ccccc1F)C(=O)Cn1nnn(-c2ccccc2)c1=O. The zero-order valence-corrected chi connectivity index (χ0v) is 13.5. The Morgan fingerprint density at radius 1 is 1.08 bits per heavy atom. The molecule has 0 aliphatic rings. The van der Waals surface area contributed by atoms with E-state index in [1.54, 1.807) is 49.5 Å². The lowest BCUT2D eigenvalue weighted by atomic mass is 10.2. The fourth-order valence-electron chi connectivity index (χ4n) is 2.32. The molecule has 0 bridgehead atoms. The van der Waals surface area contributed by atoms with Crippen molar-refractivity contribution in [3.63, 3.8) is 0 Å². The number of carbonyl (C=O) groups is 1. The molecular formula is C17H16FN5O2. The maximum atomic E-state index is 13.7. The number of amides is 1. The van der Waals surface area contributed by atoms with Crippen molar-refractivity contribution < 1.29 is 9.18 Å². The van der Waals surface area contributed by atoms with Gasteiger partial charge in [-0.15, -0.1) is 0 Å². The second-order valence-corrected chi connectivity index (χ2v) is 5.51. The second kappa shape index (κ2) is 7.08. The standard InChI is InChI=1S/C17H16FN5O2/c1-21(11-13-7-5-6-10-15(13)18)16(24)12-22-17(25)23(20-19-22)14-8-3-2-4-9-14/h2-10H,11-12H2,1H3.